The van der Waals surface area contributed by atoms with Crippen molar-refractivity contribution in [2.45, 2.75) is 35.1 Å². The number of nitrogens with two attached hydrogens (primary N) is 2. The van der Waals surface area contributed by atoms with Crippen LogP contribution in [0.15, 0.2) is 66.7 Å². The monoisotopic (exact) mass is 1130 g/mol. The molecule has 37 heavy (non-hydrogen) atoms. The number of para-hydroxylation sites is 1. The second-order valence-electron chi connectivity index (χ2n) is 7.79. The summed E-state index contributed by atoms with van der Waals surface area (Å²) in [5.74, 6) is 0. The quantitative estimate of drug-likeness (QED) is 0.188. The maximum absolute atomic E-state index is 6.28. The van der Waals surface area contributed by atoms with Gasteiger partial charge in [0.1, 0.15) is 0 Å². The summed E-state index contributed by atoms with van der Waals surface area (Å²) >= 11 is 1.17. The Morgan fingerprint density at radius 2 is 1.35 bits per heavy atom. The fourth-order valence-corrected chi connectivity index (χ4v) is 8.64. The normalized spacial score (nSPS) is 9.35. The molecule has 0 aliphatic rings. The van der Waals surface area contributed by atoms with Crippen LogP contribution in [-0.4, -0.2) is 29.9 Å². The van der Waals surface area contributed by atoms with Gasteiger partial charge in [0.05, 0.1) is 0 Å². The van der Waals surface area contributed by atoms with Gasteiger partial charge in [0.2, 0.25) is 0 Å². The number of nitrogen functional groups attached to an aromatic ring is 2. The van der Waals surface area contributed by atoms with E-state index in [0.717, 1.165) is 11.4 Å². The Balaban J connectivity index is 0. The maximum Gasteiger partial charge on any atom is 0 e. The van der Waals surface area contributed by atoms with E-state index in [-0.39, 0.29) is 80.2 Å². The van der Waals surface area contributed by atoms with Crippen LogP contribution in [-0.2, 0) is 77.8 Å². The van der Waals surface area contributed by atoms with Gasteiger partial charge in [-0.25, -0.2) is 0 Å². The summed E-state index contributed by atoms with van der Waals surface area (Å²) in [5.41, 5.74) is 19.2. The molecule has 0 radical (unpaired) electrons. The van der Waals surface area contributed by atoms with Crippen molar-refractivity contribution in [2.24, 2.45) is 0 Å². The molecule has 4 aromatic rings. The second-order valence-corrected chi connectivity index (χ2v) is 15.2. The van der Waals surface area contributed by atoms with E-state index in [9.17, 15) is 0 Å². The molecule has 0 bridgehead atoms. The van der Waals surface area contributed by atoms with Crippen molar-refractivity contribution in [3.05, 3.63) is 101 Å². The Hall–Kier alpha value is 0.103. The minimum Gasteiger partial charge on any atom is 0 e. The van der Waals surface area contributed by atoms with Crippen LogP contribution < -0.4 is 32.4 Å². The molecule has 0 saturated heterocycles. The van der Waals surface area contributed by atoms with Gasteiger partial charge in [0.15, 0.2) is 0 Å². The molecule has 0 unspecified atom stereocenters. The maximum atomic E-state index is 6.28. The summed E-state index contributed by atoms with van der Waals surface area (Å²) in [4.78, 5) is 0. The van der Waals surface area contributed by atoms with Crippen molar-refractivity contribution < 1.29 is 84.0 Å². The molecule has 0 aromatic heterocycles. The Morgan fingerprint density at radius 1 is 0.757 bits per heavy atom. The largest absolute Gasteiger partial charge is 0 e. The minimum absolute atomic E-state index is 0. The number of hydrogen-bond acceptors (Lipinski definition) is 2. The van der Waals surface area contributed by atoms with Crippen LogP contribution in [0.4, 0.5) is 11.4 Å². The average molecular weight is 1130 g/mol. The third kappa shape index (κ3) is 11.6. The summed E-state index contributed by atoms with van der Waals surface area (Å²) in [6, 6.07) is 29.7. The van der Waals surface area contributed by atoms with E-state index < -0.39 is 0 Å². The smallest absolute Gasteiger partial charge is 0 e. The van der Waals surface area contributed by atoms with E-state index in [1.54, 1.807) is 0 Å². The summed E-state index contributed by atoms with van der Waals surface area (Å²) < 4.78 is 6.51. The minimum atomic E-state index is 0. The third-order valence-corrected chi connectivity index (χ3v) is 11.7. The van der Waals surface area contributed by atoms with Crippen molar-refractivity contribution in [3.8, 4) is 0 Å². The number of hydrogen-bond donors (Lipinski definition) is 2. The van der Waals surface area contributed by atoms with Gasteiger partial charge in [-0.2, -0.15) is 0 Å². The molecule has 0 saturated carbocycles. The van der Waals surface area contributed by atoms with Crippen LogP contribution in [0.25, 0.3) is 0 Å². The van der Waals surface area contributed by atoms with Gasteiger partial charge in [0.25, 0.3) is 0 Å². The van der Waals surface area contributed by atoms with Crippen molar-refractivity contribution in [2.75, 3.05) is 11.5 Å². The Morgan fingerprint density at radius 3 is 1.95 bits per heavy atom. The first kappa shape index (κ1) is 39.2. The van der Waals surface area contributed by atoms with Crippen molar-refractivity contribution in [3.63, 3.8) is 0 Å². The van der Waals surface area contributed by atoms with Crippen LogP contribution >= 0.6 is 0 Å². The van der Waals surface area contributed by atoms with Crippen LogP contribution in [0.1, 0.15) is 29.7 Å². The number of aryl methyl sites for hydroxylation is 2. The van der Waals surface area contributed by atoms with Gasteiger partial charge in [-0.1, -0.05) is 7.43 Å². The standard InChI is InChI=1S/C16H16NSe.C12H11NSe.CH4.He.2Hf.Hg/c1-10-7-5-6-8-14(10)18-15-9-11(2)12(3)13(4)16(15)17;13-11-8-4-5-9-12(11)14-10-6-2-1-3-7-10;;;;;/h8-9H,17H2,1-4H3;1-9H,13H2;1H4;;;;/q-2;;;;;;. The van der Waals surface area contributed by atoms with E-state index in [1.807, 2.05) is 24.3 Å². The fraction of sp³-hybridized carbons (Fsp3) is 0.172. The molecular weight excluding hydrogens is 1100 g/mol. The van der Waals surface area contributed by atoms with Crippen LogP contribution in [0.2, 0.25) is 0 Å². The van der Waals surface area contributed by atoms with Crippen molar-refractivity contribution >= 4 is 62.2 Å². The van der Waals surface area contributed by atoms with Gasteiger partial charge >= 0.3 is 229 Å². The molecule has 0 aliphatic carbocycles. The second kappa shape index (κ2) is 19.2. The Bertz CT molecular complexity index is 1260. The number of anilines is 2. The summed E-state index contributed by atoms with van der Waals surface area (Å²) in [6.45, 7) is 8.56. The molecule has 0 atom stereocenters. The van der Waals surface area contributed by atoms with Gasteiger partial charge in [-0.3, -0.25) is 0 Å². The van der Waals surface area contributed by atoms with Crippen LogP contribution in [0, 0.1) is 46.0 Å². The number of benzene rings is 4. The molecule has 0 spiro atoms. The van der Waals surface area contributed by atoms with Crippen LogP contribution in [0.5, 0.6) is 0 Å². The van der Waals surface area contributed by atoms with E-state index >= 15 is 0 Å². The van der Waals surface area contributed by atoms with E-state index in [1.165, 1.54) is 43.2 Å². The molecule has 183 valence electrons. The number of rotatable bonds is 4. The summed E-state index contributed by atoms with van der Waals surface area (Å²) in [7, 11) is 0. The van der Waals surface area contributed by atoms with E-state index in [4.69, 9.17) is 11.5 Å². The topological polar surface area (TPSA) is 52.0 Å². The Labute approximate surface area is 290 Å². The molecule has 4 rings (SSSR count). The zero-order chi connectivity index (χ0) is 24.0. The fourth-order valence-electron chi connectivity index (χ4n) is 3.15. The summed E-state index contributed by atoms with van der Waals surface area (Å²) in [6.07, 6.45) is 0. The molecule has 8 heteroatoms. The van der Waals surface area contributed by atoms with Gasteiger partial charge in [-0.05, 0) is 0 Å². The van der Waals surface area contributed by atoms with E-state index in [2.05, 4.69) is 82.3 Å². The SMILES string of the molecule is C.Cc1[c-][c]([Hg])[c-]cc1[Se]c1cc(C)c(C)c(C)c1N.Nc1ccccc1[Se]c1ccccc1.[He].[Hf].[Hf]. The zero-order valence-electron chi connectivity index (χ0n) is 21.2. The molecule has 0 amide bonds. The van der Waals surface area contributed by atoms with Gasteiger partial charge in [-0.15, -0.1) is 0 Å². The summed E-state index contributed by atoms with van der Waals surface area (Å²) in [5, 5.41) is 0. The molecule has 4 N–H and O–H groups in total. The Kier molecular flexibility index (Phi) is 20.4. The third-order valence-electron chi connectivity index (χ3n) is 5.37. The first-order chi connectivity index (χ1) is 15.8. The van der Waals surface area contributed by atoms with Gasteiger partial charge in [0, 0.05) is 57.8 Å². The molecule has 0 fully saturated rings. The zero-order valence-corrected chi connectivity index (χ0v) is 37.3. The molecule has 4 aromatic carbocycles. The average Bonchev–Trinajstić information content (AvgIpc) is 2.80. The van der Waals surface area contributed by atoms with Crippen molar-refractivity contribution in [1.82, 2.24) is 0 Å². The molecule has 0 aliphatic heterocycles. The van der Waals surface area contributed by atoms with E-state index in [0.29, 0.717) is 41.1 Å². The predicted molar refractivity (Wildman–Crippen MR) is 148 cm³/mol. The molecule has 2 nitrogen and oxygen atoms in total. The van der Waals surface area contributed by atoms with Gasteiger partial charge < -0.3 is 0 Å². The van der Waals surface area contributed by atoms with Crippen molar-refractivity contribution in [1.29, 1.82) is 0 Å². The first-order valence-electron chi connectivity index (χ1n) is 10.6. The van der Waals surface area contributed by atoms with Crippen LogP contribution in [0.3, 0.4) is 0 Å². The first-order valence-corrected chi connectivity index (χ1v) is 16.8. The molecular formula is C29H31HeHf2HgN2Se2-2. The molecule has 0 heterocycles. The predicted octanol–water partition coefficient (Wildman–Crippen LogP) is 2.48.